The molecule has 2 aliphatic rings. The van der Waals surface area contributed by atoms with E-state index >= 15 is 0 Å². The molecule has 3 atom stereocenters. The molecule has 1 aromatic rings. The van der Waals surface area contributed by atoms with E-state index in [1.807, 2.05) is 0 Å². The Labute approximate surface area is 124 Å². The van der Waals surface area contributed by atoms with E-state index in [9.17, 15) is 0 Å². The molecule has 1 aromatic carbocycles. The van der Waals surface area contributed by atoms with Crippen LogP contribution in [-0.2, 0) is 0 Å². The lowest BCUT2D eigenvalue weighted by Gasteiger charge is -2.20. The fourth-order valence-electron chi connectivity index (χ4n) is 3.74. The average Bonchev–Trinajstić information content (AvgIpc) is 2.96. The van der Waals surface area contributed by atoms with Crippen LogP contribution in [0, 0.1) is 11.8 Å². The largest absolute Gasteiger partial charge is 0.324 e. The predicted molar refractivity (Wildman–Crippen MR) is 83.0 cm³/mol. The van der Waals surface area contributed by atoms with Crippen molar-refractivity contribution in [3.8, 4) is 0 Å². The molecule has 0 bridgehead atoms. The molecule has 0 spiro atoms. The van der Waals surface area contributed by atoms with Gasteiger partial charge in [-0.25, -0.2) is 0 Å². The van der Waals surface area contributed by atoms with E-state index < -0.39 is 0 Å². The Morgan fingerprint density at radius 3 is 2.68 bits per heavy atom. The van der Waals surface area contributed by atoms with Gasteiger partial charge in [0.15, 0.2) is 0 Å². The van der Waals surface area contributed by atoms with E-state index in [4.69, 9.17) is 5.73 Å². The molecule has 1 saturated carbocycles. The van der Waals surface area contributed by atoms with Crippen LogP contribution < -0.4 is 5.73 Å². The minimum atomic E-state index is 0.165. The maximum Gasteiger partial charge on any atom is 0.0307 e. The van der Waals surface area contributed by atoms with Crippen molar-refractivity contribution in [1.82, 2.24) is 4.90 Å². The Kier molecular flexibility index (Phi) is 4.25. The van der Waals surface area contributed by atoms with E-state index in [0.717, 1.165) is 29.3 Å². The number of benzene rings is 1. The predicted octanol–water partition coefficient (Wildman–Crippen LogP) is 3.57. The zero-order chi connectivity index (χ0) is 13.2. The molecule has 1 saturated heterocycles. The molecule has 1 aliphatic carbocycles. The molecule has 3 heteroatoms. The number of rotatable bonds is 4. The molecule has 2 nitrogen and oxygen atoms in total. The van der Waals surface area contributed by atoms with Gasteiger partial charge in [-0.05, 0) is 55.3 Å². The third kappa shape index (κ3) is 3.21. The van der Waals surface area contributed by atoms with Crippen LogP contribution in [0.2, 0.25) is 0 Å². The molecular formula is C16H23BrN2. The lowest BCUT2D eigenvalue weighted by molar-refractivity contribution is 0.298. The van der Waals surface area contributed by atoms with Crippen molar-refractivity contribution in [2.24, 2.45) is 17.6 Å². The van der Waals surface area contributed by atoms with Gasteiger partial charge in [-0.1, -0.05) is 34.5 Å². The average molecular weight is 323 g/mol. The topological polar surface area (TPSA) is 29.3 Å². The van der Waals surface area contributed by atoms with E-state index in [0.29, 0.717) is 0 Å². The summed E-state index contributed by atoms with van der Waals surface area (Å²) in [5.41, 5.74) is 7.55. The first-order valence-electron chi connectivity index (χ1n) is 7.46. The molecule has 3 rings (SSSR count). The van der Waals surface area contributed by atoms with Crippen LogP contribution in [0.4, 0.5) is 0 Å². The molecule has 2 N–H and O–H groups in total. The molecular weight excluding hydrogens is 300 g/mol. The van der Waals surface area contributed by atoms with Crippen molar-refractivity contribution in [2.45, 2.75) is 31.7 Å². The standard InChI is InChI=1S/C16H23BrN2/c17-15-6-2-3-12(9-15)16(18)7-8-19-10-13-4-1-5-14(13)11-19/h2-3,6,9,13-14,16H,1,4-5,7-8,10-11,18H2. The van der Waals surface area contributed by atoms with Gasteiger partial charge in [0.1, 0.15) is 0 Å². The minimum absolute atomic E-state index is 0.165. The summed E-state index contributed by atoms with van der Waals surface area (Å²) in [5, 5.41) is 0. The number of nitrogens with zero attached hydrogens (tertiary/aromatic N) is 1. The summed E-state index contributed by atoms with van der Waals surface area (Å²) in [6.07, 6.45) is 5.44. The normalized spacial score (nSPS) is 28.5. The number of likely N-dealkylation sites (tertiary alicyclic amines) is 1. The summed E-state index contributed by atoms with van der Waals surface area (Å²) in [6, 6.07) is 8.56. The van der Waals surface area contributed by atoms with Crippen LogP contribution in [0.3, 0.4) is 0 Å². The van der Waals surface area contributed by atoms with E-state index in [1.54, 1.807) is 0 Å². The maximum absolute atomic E-state index is 6.31. The van der Waals surface area contributed by atoms with Crippen molar-refractivity contribution in [1.29, 1.82) is 0 Å². The summed E-state index contributed by atoms with van der Waals surface area (Å²) in [6.45, 7) is 3.78. The van der Waals surface area contributed by atoms with Gasteiger partial charge in [-0.15, -0.1) is 0 Å². The number of halogens is 1. The number of hydrogen-bond acceptors (Lipinski definition) is 2. The maximum atomic E-state index is 6.31. The summed E-state index contributed by atoms with van der Waals surface area (Å²) < 4.78 is 1.12. The highest BCUT2D eigenvalue weighted by molar-refractivity contribution is 9.10. The number of fused-ring (bicyclic) bond motifs is 1. The Balaban J connectivity index is 1.50. The Hall–Kier alpha value is -0.380. The van der Waals surface area contributed by atoms with E-state index in [1.165, 1.54) is 37.9 Å². The summed E-state index contributed by atoms with van der Waals surface area (Å²) >= 11 is 3.51. The molecule has 0 amide bonds. The first-order chi connectivity index (χ1) is 9.22. The fourth-order valence-corrected chi connectivity index (χ4v) is 4.16. The van der Waals surface area contributed by atoms with Gasteiger partial charge in [-0.2, -0.15) is 0 Å². The summed E-state index contributed by atoms with van der Waals surface area (Å²) in [7, 11) is 0. The van der Waals surface area contributed by atoms with Gasteiger partial charge in [0.2, 0.25) is 0 Å². The molecule has 1 aliphatic heterocycles. The number of nitrogens with two attached hydrogens (primary N) is 1. The third-order valence-corrected chi connectivity index (χ3v) is 5.33. The fraction of sp³-hybridized carbons (Fsp3) is 0.625. The highest BCUT2D eigenvalue weighted by Gasteiger charge is 2.35. The highest BCUT2D eigenvalue weighted by Crippen LogP contribution is 2.37. The second-order valence-corrected chi connectivity index (χ2v) is 7.08. The summed E-state index contributed by atoms with van der Waals surface area (Å²) in [5.74, 6) is 1.98. The Morgan fingerprint density at radius 2 is 2.00 bits per heavy atom. The van der Waals surface area contributed by atoms with Crippen molar-refractivity contribution >= 4 is 15.9 Å². The molecule has 3 unspecified atom stereocenters. The molecule has 1 heterocycles. The summed E-state index contributed by atoms with van der Waals surface area (Å²) in [4.78, 5) is 2.63. The number of hydrogen-bond donors (Lipinski definition) is 1. The van der Waals surface area contributed by atoms with Crippen LogP contribution in [0.15, 0.2) is 28.7 Å². The second kappa shape index (κ2) is 5.94. The van der Waals surface area contributed by atoms with Crippen LogP contribution in [-0.4, -0.2) is 24.5 Å². The van der Waals surface area contributed by atoms with Crippen molar-refractivity contribution in [3.63, 3.8) is 0 Å². The smallest absolute Gasteiger partial charge is 0.0307 e. The zero-order valence-electron chi connectivity index (χ0n) is 11.4. The lowest BCUT2D eigenvalue weighted by Crippen LogP contribution is -2.26. The Morgan fingerprint density at radius 1 is 1.26 bits per heavy atom. The minimum Gasteiger partial charge on any atom is -0.324 e. The Bertz CT molecular complexity index is 423. The van der Waals surface area contributed by atoms with Crippen LogP contribution in [0.5, 0.6) is 0 Å². The van der Waals surface area contributed by atoms with Gasteiger partial charge >= 0.3 is 0 Å². The second-order valence-electron chi connectivity index (χ2n) is 6.16. The molecule has 0 aromatic heterocycles. The van der Waals surface area contributed by atoms with Crippen LogP contribution >= 0.6 is 15.9 Å². The highest BCUT2D eigenvalue weighted by atomic mass is 79.9. The van der Waals surface area contributed by atoms with Gasteiger partial charge in [-0.3, -0.25) is 0 Å². The molecule has 104 valence electrons. The van der Waals surface area contributed by atoms with E-state index in [-0.39, 0.29) is 6.04 Å². The first-order valence-corrected chi connectivity index (χ1v) is 8.25. The first kappa shape index (κ1) is 13.6. The van der Waals surface area contributed by atoms with Crippen LogP contribution in [0.25, 0.3) is 0 Å². The SMILES string of the molecule is NC(CCN1CC2CCCC2C1)c1cccc(Br)c1. The van der Waals surface area contributed by atoms with Gasteiger partial charge in [0, 0.05) is 23.6 Å². The van der Waals surface area contributed by atoms with Crippen LogP contribution in [0.1, 0.15) is 37.3 Å². The van der Waals surface area contributed by atoms with Gasteiger partial charge in [0.05, 0.1) is 0 Å². The van der Waals surface area contributed by atoms with E-state index in [2.05, 4.69) is 45.1 Å². The van der Waals surface area contributed by atoms with Crippen molar-refractivity contribution < 1.29 is 0 Å². The lowest BCUT2D eigenvalue weighted by atomic mass is 10.0. The molecule has 0 radical (unpaired) electrons. The van der Waals surface area contributed by atoms with Crippen molar-refractivity contribution in [2.75, 3.05) is 19.6 Å². The molecule has 2 fully saturated rings. The quantitative estimate of drug-likeness (QED) is 0.918. The van der Waals surface area contributed by atoms with Gasteiger partial charge in [0.25, 0.3) is 0 Å². The third-order valence-electron chi connectivity index (χ3n) is 4.84. The zero-order valence-corrected chi connectivity index (χ0v) is 13.0. The van der Waals surface area contributed by atoms with Gasteiger partial charge < -0.3 is 10.6 Å². The molecule has 19 heavy (non-hydrogen) atoms. The monoisotopic (exact) mass is 322 g/mol. The van der Waals surface area contributed by atoms with Crippen molar-refractivity contribution in [3.05, 3.63) is 34.3 Å².